The molecule has 8 heteroatoms. The number of nitrogens with one attached hydrogen (secondary N) is 1. The molecule has 0 saturated carbocycles. The van der Waals surface area contributed by atoms with Crippen LogP contribution in [0.3, 0.4) is 0 Å². The van der Waals surface area contributed by atoms with Gasteiger partial charge in [-0.15, -0.1) is 0 Å². The molecule has 1 aliphatic carbocycles. The van der Waals surface area contributed by atoms with Crippen molar-refractivity contribution in [2.75, 3.05) is 26.8 Å². The number of alkyl carbamates (subject to hydrolysis) is 1. The summed E-state index contributed by atoms with van der Waals surface area (Å²) in [5, 5.41) is 11.8. The van der Waals surface area contributed by atoms with Crippen molar-refractivity contribution in [2.45, 2.75) is 37.3 Å². The Morgan fingerprint density at radius 3 is 2.33 bits per heavy atom. The normalized spacial score (nSPS) is 18.2. The molecule has 33 heavy (non-hydrogen) atoms. The van der Waals surface area contributed by atoms with E-state index < -0.39 is 30.4 Å². The molecule has 4 rings (SSSR count). The van der Waals surface area contributed by atoms with Gasteiger partial charge in [-0.25, -0.2) is 4.79 Å². The third-order valence-corrected chi connectivity index (χ3v) is 6.34. The van der Waals surface area contributed by atoms with Crippen LogP contribution in [0.4, 0.5) is 4.79 Å². The van der Waals surface area contributed by atoms with Gasteiger partial charge in [-0.2, -0.15) is 0 Å². The van der Waals surface area contributed by atoms with Gasteiger partial charge in [0.15, 0.2) is 0 Å². The molecule has 2 unspecified atom stereocenters. The fourth-order valence-electron chi connectivity index (χ4n) is 4.71. The van der Waals surface area contributed by atoms with Gasteiger partial charge in [-0.05, 0) is 35.1 Å². The smallest absolute Gasteiger partial charge is 0.407 e. The van der Waals surface area contributed by atoms with Crippen LogP contribution in [0.1, 0.15) is 36.3 Å². The summed E-state index contributed by atoms with van der Waals surface area (Å²) in [6, 6.07) is 14.8. The molecule has 2 N–H and O–H groups in total. The third-order valence-electron chi connectivity index (χ3n) is 6.34. The molecule has 2 aromatic rings. The number of carbonyl (C=O) groups excluding carboxylic acids is 2. The van der Waals surface area contributed by atoms with Crippen molar-refractivity contribution >= 4 is 18.0 Å². The van der Waals surface area contributed by atoms with Crippen LogP contribution >= 0.6 is 0 Å². The van der Waals surface area contributed by atoms with Gasteiger partial charge < -0.3 is 24.8 Å². The first-order valence-electron chi connectivity index (χ1n) is 11.1. The van der Waals surface area contributed by atoms with E-state index in [1.807, 2.05) is 48.5 Å². The van der Waals surface area contributed by atoms with E-state index in [0.717, 1.165) is 35.1 Å². The maximum Gasteiger partial charge on any atom is 0.407 e. The van der Waals surface area contributed by atoms with Crippen molar-refractivity contribution in [1.29, 1.82) is 0 Å². The SMILES string of the molecule is COC1CCCN(C(=O)C(CC(=O)O)NC(=O)OCC2c3ccccc3-c3ccccc32)C1. The first kappa shape index (κ1) is 22.8. The Morgan fingerprint density at radius 2 is 1.73 bits per heavy atom. The van der Waals surface area contributed by atoms with Crippen molar-refractivity contribution in [2.24, 2.45) is 0 Å². The molecular formula is C25H28N2O6. The van der Waals surface area contributed by atoms with E-state index in [9.17, 15) is 19.5 Å². The van der Waals surface area contributed by atoms with Gasteiger partial charge in [0, 0.05) is 26.1 Å². The van der Waals surface area contributed by atoms with Gasteiger partial charge in [0.1, 0.15) is 12.6 Å². The van der Waals surface area contributed by atoms with Crippen LogP contribution in [0.15, 0.2) is 48.5 Å². The quantitative estimate of drug-likeness (QED) is 0.669. The van der Waals surface area contributed by atoms with E-state index in [1.54, 1.807) is 12.0 Å². The predicted octanol–water partition coefficient (Wildman–Crippen LogP) is 3.01. The molecule has 8 nitrogen and oxygen atoms in total. The fraction of sp³-hybridized carbons (Fsp3) is 0.400. The number of likely N-dealkylation sites (tertiary alicyclic amines) is 1. The van der Waals surface area contributed by atoms with E-state index in [4.69, 9.17) is 9.47 Å². The van der Waals surface area contributed by atoms with Crippen LogP contribution in [-0.2, 0) is 19.1 Å². The molecule has 1 fully saturated rings. The number of carboxylic acid groups (broad SMARTS) is 1. The average molecular weight is 453 g/mol. The molecule has 174 valence electrons. The number of amides is 2. The lowest BCUT2D eigenvalue weighted by molar-refractivity contribution is -0.144. The van der Waals surface area contributed by atoms with Crippen LogP contribution in [0.25, 0.3) is 11.1 Å². The van der Waals surface area contributed by atoms with Gasteiger partial charge >= 0.3 is 12.1 Å². The van der Waals surface area contributed by atoms with Gasteiger partial charge in [0.2, 0.25) is 5.91 Å². The molecule has 1 heterocycles. The summed E-state index contributed by atoms with van der Waals surface area (Å²) in [7, 11) is 1.59. The van der Waals surface area contributed by atoms with Crippen LogP contribution in [0.5, 0.6) is 0 Å². The highest BCUT2D eigenvalue weighted by Gasteiger charge is 2.33. The van der Waals surface area contributed by atoms with Crippen molar-refractivity contribution in [3.8, 4) is 11.1 Å². The number of hydrogen-bond donors (Lipinski definition) is 2. The summed E-state index contributed by atoms with van der Waals surface area (Å²) in [5.74, 6) is -1.73. The number of carbonyl (C=O) groups is 3. The molecular weight excluding hydrogens is 424 g/mol. The van der Waals surface area contributed by atoms with Gasteiger partial charge in [0.05, 0.1) is 12.5 Å². The highest BCUT2D eigenvalue weighted by atomic mass is 16.5. The zero-order valence-electron chi connectivity index (χ0n) is 18.5. The third kappa shape index (κ3) is 5.01. The Labute approximate surface area is 192 Å². The lowest BCUT2D eigenvalue weighted by Gasteiger charge is -2.34. The van der Waals surface area contributed by atoms with Crippen LogP contribution in [0, 0.1) is 0 Å². The fourth-order valence-corrected chi connectivity index (χ4v) is 4.71. The summed E-state index contributed by atoms with van der Waals surface area (Å²) < 4.78 is 10.8. The van der Waals surface area contributed by atoms with E-state index in [-0.39, 0.29) is 18.6 Å². The monoisotopic (exact) mass is 452 g/mol. The van der Waals surface area contributed by atoms with Crippen molar-refractivity contribution in [1.82, 2.24) is 10.2 Å². The highest BCUT2D eigenvalue weighted by molar-refractivity contribution is 5.89. The number of carboxylic acids is 1. The van der Waals surface area contributed by atoms with Gasteiger partial charge in [-0.1, -0.05) is 48.5 Å². The average Bonchev–Trinajstić information content (AvgIpc) is 3.15. The van der Waals surface area contributed by atoms with Crippen LogP contribution < -0.4 is 5.32 Å². The zero-order chi connectivity index (χ0) is 23.4. The Balaban J connectivity index is 1.42. The summed E-state index contributed by atoms with van der Waals surface area (Å²) in [4.78, 5) is 38.5. The molecule has 1 aliphatic heterocycles. The molecule has 0 spiro atoms. The number of hydrogen-bond acceptors (Lipinski definition) is 5. The minimum Gasteiger partial charge on any atom is -0.481 e. The van der Waals surface area contributed by atoms with Gasteiger partial charge in [-0.3, -0.25) is 9.59 Å². The number of fused-ring (bicyclic) bond motifs is 3. The summed E-state index contributed by atoms with van der Waals surface area (Å²) in [6.45, 7) is 0.961. The molecule has 2 amide bonds. The Morgan fingerprint density at radius 1 is 1.09 bits per heavy atom. The van der Waals surface area contributed by atoms with E-state index in [2.05, 4.69) is 5.32 Å². The van der Waals surface area contributed by atoms with Crippen LogP contribution in [0.2, 0.25) is 0 Å². The number of piperidine rings is 1. The molecule has 0 aromatic heterocycles. The summed E-state index contributed by atoms with van der Waals surface area (Å²) in [5.41, 5.74) is 4.37. The molecule has 2 atom stereocenters. The molecule has 0 radical (unpaired) electrons. The number of aliphatic carboxylic acids is 1. The number of benzene rings is 2. The van der Waals surface area contributed by atoms with E-state index in [0.29, 0.717) is 13.1 Å². The summed E-state index contributed by atoms with van der Waals surface area (Å²) >= 11 is 0. The van der Waals surface area contributed by atoms with Crippen LogP contribution in [-0.4, -0.2) is 66.9 Å². The molecule has 2 aliphatic rings. The Kier molecular flexibility index (Phi) is 6.93. The molecule has 2 aromatic carbocycles. The lowest BCUT2D eigenvalue weighted by atomic mass is 9.98. The van der Waals surface area contributed by atoms with Crippen molar-refractivity contribution in [3.05, 3.63) is 59.7 Å². The first-order valence-corrected chi connectivity index (χ1v) is 11.1. The minimum absolute atomic E-state index is 0.0866. The molecule has 1 saturated heterocycles. The first-order chi connectivity index (χ1) is 16.0. The number of rotatable bonds is 7. The predicted molar refractivity (Wildman–Crippen MR) is 121 cm³/mol. The van der Waals surface area contributed by atoms with Crippen molar-refractivity contribution < 1.29 is 29.0 Å². The lowest BCUT2D eigenvalue weighted by Crippen LogP contribution is -2.53. The standard InChI is InChI=1S/C25H28N2O6/c1-32-16-7-6-12-27(14-16)24(30)22(13-23(28)29)26-25(31)33-15-21-19-10-4-2-8-17(19)18-9-3-5-11-20(18)21/h2-5,8-11,16,21-22H,6-7,12-15H2,1H3,(H,26,31)(H,28,29). The number of methoxy groups -OCH3 is 1. The maximum absolute atomic E-state index is 13.0. The Bertz CT molecular complexity index is 994. The van der Waals surface area contributed by atoms with E-state index in [1.165, 1.54) is 0 Å². The topological polar surface area (TPSA) is 105 Å². The highest BCUT2D eigenvalue weighted by Crippen LogP contribution is 2.44. The van der Waals surface area contributed by atoms with E-state index >= 15 is 0 Å². The second-order valence-corrected chi connectivity index (χ2v) is 8.40. The van der Waals surface area contributed by atoms with Crippen molar-refractivity contribution in [3.63, 3.8) is 0 Å². The molecule has 0 bridgehead atoms. The number of nitrogens with zero attached hydrogens (tertiary/aromatic N) is 1. The second-order valence-electron chi connectivity index (χ2n) is 8.40. The second kappa shape index (κ2) is 10.0. The maximum atomic E-state index is 13.0. The summed E-state index contributed by atoms with van der Waals surface area (Å²) in [6.07, 6.45) is 0.176. The zero-order valence-corrected chi connectivity index (χ0v) is 18.5. The minimum atomic E-state index is -1.20. The van der Waals surface area contributed by atoms with Gasteiger partial charge in [0.25, 0.3) is 0 Å². The largest absolute Gasteiger partial charge is 0.481 e. The Hall–Kier alpha value is -3.39. The number of ether oxygens (including phenoxy) is 2.